The second kappa shape index (κ2) is 3.86. The normalized spacial score (nSPS) is 19.4. The SMILES string of the molecule is COc1cc([N+](=O)[O-])ccc1C1CCN1. The molecular formula is C10H12N2O3. The number of hydrogen-bond donors (Lipinski definition) is 1. The fourth-order valence-electron chi connectivity index (χ4n) is 1.66. The average molecular weight is 208 g/mol. The van der Waals surface area contributed by atoms with Crippen LogP contribution in [-0.4, -0.2) is 18.6 Å². The Balaban J connectivity index is 2.34. The third-order valence-corrected chi connectivity index (χ3v) is 2.63. The number of benzene rings is 1. The summed E-state index contributed by atoms with van der Waals surface area (Å²) in [6.07, 6.45) is 1.05. The first-order valence-electron chi connectivity index (χ1n) is 4.78. The van der Waals surface area contributed by atoms with Crippen molar-refractivity contribution in [3.8, 4) is 5.75 Å². The number of nitro groups is 1. The maximum absolute atomic E-state index is 10.6. The fourth-order valence-corrected chi connectivity index (χ4v) is 1.66. The Morgan fingerprint density at radius 3 is 2.80 bits per heavy atom. The van der Waals surface area contributed by atoms with Gasteiger partial charge in [0.05, 0.1) is 18.1 Å². The van der Waals surface area contributed by atoms with E-state index in [1.807, 2.05) is 0 Å². The summed E-state index contributed by atoms with van der Waals surface area (Å²) in [4.78, 5) is 10.2. The van der Waals surface area contributed by atoms with E-state index in [9.17, 15) is 10.1 Å². The van der Waals surface area contributed by atoms with Gasteiger partial charge in [-0.15, -0.1) is 0 Å². The zero-order valence-electron chi connectivity index (χ0n) is 8.40. The molecule has 80 valence electrons. The molecule has 1 aromatic rings. The van der Waals surface area contributed by atoms with Gasteiger partial charge < -0.3 is 10.1 Å². The van der Waals surface area contributed by atoms with Crippen LogP contribution in [-0.2, 0) is 0 Å². The number of non-ortho nitro benzene ring substituents is 1. The highest BCUT2D eigenvalue weighted by Gasteiger charge is 2.23. The summed E-state index contributed by atoms with van der Waals surface area (Å²) in [5.41, 5.74) is 1.06. The van der Waals surface area contributed by atoms with Crippen molar-refractivity contribution in [3.05, 3.63) is 33.9 Å². The fraction of sp³-hybridized carbons (Fsp3) is 0.400. The average Bonchev–Trinajstić information content (AvgIpc) is 2.15. The lowest BCUT2D eigenvalue weighted by molar-refractivity contribution is -0.384. The molecule has 1 saturated heterocycles. The molecule has 0 aliphatic carbocycles. The predicted molar refractivity (Wildman–Crippen MR) is 55.0 cm³/mol. The van der Waals surface area contributed by atoms with Gasteiger partial charge in [0.15, 0.2) is 0 Å². The van der Waals surface area contributed by atoms with Crippen molar-refractivity contribution in [1.82, 2.24) is 5.32 Å². The molecule has 15 heavy (non-hydrogen) atoms. The van der Waals surface area contributed by atoms with Gasteiger partial charge in [0, 0.05) is 17.7 Å². The smallest absolute Gasteiger partial charge is 0.273 e. The van der Waals surface area contributed by atoms with E-state index in [1.54, 1.807) is 6.07 Å². The number of methoxy groups -OCH3 is 1. The monoisotopic (exact) mass is 208 g/mol. The molecule has 0 radical (unpaired) electrons. The van der Waals surface area contributed by atoms with Gasteiger partial charge in [0.1, 0.15) is 5.75 Å². The molecule has 1 N–H and O–H groups in total. The van der Waals surface area contributed by atoms with Crippen LogP contribution >= 0.6 is 0 Å². The van der Waals surface area contributed by atoms with Crippen molar-refractivity contribution in [1.29, 1.82) is 0 Å². The summed E-state index contributed by atoms with van der Waals surface area (Å²) in [6.45, 7) is 0.991. The molecule has 0 spiro atoms. The van der Waals surface area contributed by atoms with Gasteiger partial charge in [-0.3, -0.25) is 10.1 Å². The minimum Gasteiger partial charge on any atom is -0.496 e. The van der Waals surface area contributed by atoms with Crippen LogP contribution in [0, 0.1) is 10.1 Å². The third-order valence-electron chi connectivity index (χ3n) is 2.63. The van der Waals surface area contributed by atoms with Crippen LogP contribution in [0.3, 0.4) is 0 Å². The Bertz CT molecular complexity index is 388. The minimum absolute atomic E-state index is 0.0647. The molecule has 0 amide bonds. The highest BCUT2D eigenvalue weighted by atomic mass is 16.6. The van der Waals surface area contributed by atoms with Gasteiger partial charge in [-0.05, 0) is 19.0 Å². The Morgan fingerprint density at radius 2 is 2.33 bits per heavy atom. The van der Waals surface area contributed by atoms with Crippen molar-refractivity contribution >= 4 is 5.69 Å². The zero-order chi connectivity index (χ0) is 10.8. The van der Waals surface area contributed by atoms with Crippen LogP contribution in [0.1, 0.15) is 18.0 Å². The highest BCUT2D eigenvalue weighted by molar-refractivity contribution is 5.46. The lowest BCUT2D eigenvalue weighted by Crippen LogP contribution is -2.35. The Labute approximate surface area is 87.2 Å². The van der Waals surface area contributed by atoms with Crippen LogP contribution in [0.25, 0.3) is 0 Å². The number of nitrogens with one attached hydrogen (secondary N) is 1. The molecule has 1 aromatic carbocycles. The van der Waals surface area contributed by atoms with E-state index in [0.29, 0.717) is 5.75 Å². The number of nitrogens with zero attached hydrogens (tertiary/aromatic N) is 1. The van der Waals surface area contributed by atoms with Crippen molar-refractivity contribution in [3.63, 3.8) is 0 Å². The van der Waals surface area contributed by atoms with Crippen molar-refractivity contribution in [2.75, 3.05) is 13.7 Å². The van der Waals surface area contributed by atoms with E-state index >= 15 is 0 Å². The van der Waals surface area contributed by atoms with Crippen molar-refractivity contribution < 1.29 is 9.66 Å². The highest BCUT2D eigenvalue weighted by Crippen LogP contribution is 2.33. The van der Waals surface area contributed by atoms with E-state index in [1.165, 1.54) is 19.2 Å². The van der Waals surface area contributed by atoms with Crippen LogP contribution in [0.4, 0.5) is 5.69 Å². The standard InChI is InChI=1S/C10H12N2O3/c1-15-10-6-7(12(13)14)2-3-8(10)9-4-5-11-9/h2-3,6,9,11H,4-5H2,1H3. The number of ether oxygens (including phenoxy) is 1. The van der Waals surface area contributed by atoms with Gasteiger partial charge in [-0.2, -0.15) is 0 Å². The molecule has 5 nitrogen and oxygen atoms in total. The molecule has 1 unspecified atom stereocenters. The maximum atomic E-state index is 10.6. The zero-order valence-corrected chi connectivity index (χ0v) is 8.40. The van der Waals surface area contributed by atoms with Crippen molar-refractivity contribution in [2.24, 2.45) is 0 Å². The second-order valence-electron chi connectivity index (χ2n) is 3.48. The van der Waals surface area contributed by atoms with Crippen LogP contribution < -0.4 is 10.1 Å². The number of nitro benzene ring substituents is 1. The molecule has 5 heteroatoms. The first kappa shape index (κ1) is 9.92. The molecule has 1 aliphatic rings. The molecule has 1 atom stereocenters. The largest absolute Gasteiger partial charge is 0.496 e. The Kier molecular flexibility index (Phi) is 2.55. The second-order valence-corrected chi connectivity index (χ2v) is 3.48. The summed E-state index contributed by atoms with van der Waals surface area (Å²) in [5, 5.41) is 13.8. The minimum atomic E-state index is -0.416. The molecule has 1 heterocycles. The molecular weight excluding hydrogens is 196 g/mol. The summed E-state index contributed by atoms with van der Waals surface area (Å²) in [7, 11) is 1.53. The first-order chi connectivity index (χ1) is 7.22. The van der Waals surface area contributed by atoms with Gasteiger partial charge in [-0.1, -0.05) is 0 Å². The van der Waals surface area contributed by atoms with E-state index in [-0.39, 0.29) is 11.7 Å². The first-order valence-corrected chi connectivity index (χ1v) is 4.78. The van der Waals surface area contributed by atoms with Gasteiger partial charge in [0.2, 0.25) is 0 Å². The number of rotatable bonds is 3. The molecule has 0 aromatic heterocycles. The molecule has 1 aliphatic heterocycles. The molecule has 0 saturated carbocycles. The molecule has 0 bridgehead atoms. The summed E-state index contributed by atoms with van der Waals surface area (Å²) >= 11 is 0. The lowest BCUT2D eigenvalue weighted by atomic mass is 9.97. The summed E-state index contributed by atoms with van der Waals surface area (Å²) in [5.74, 6) is 0.585. The topological polar surface area (TPSA) is 64.4 Å². The summed E-state index contributed by atoms with van der Waals surface area (Å²) in [6, 6.07) is 5.02. The Morgan fingerprint density at radius 1 is 1.60 bits per heavy atom. The van der Waals surface area contributed by atoms with E-state index in [2.05, 4.69) is 5.32 Å². The number of hydrogen-bond acceptors (Lipinski definition) is 4. The third kappa shape index (κ3) is 1.78. The Hall–Kier alpha value is -1.62. The van der Waals surface area contributed by atoms with Crippen LogP contribution in [0.15, 0.2) is 18.2 Å². The lowest BCUT2D eigenvalue weighted by Gasteiger charge is -2.29. The predicted octanol–water partition coefficient (Wildman–Crippen LogP) is 1.64. The maximum Gasteiger partial charge on any atom is 0.273 e. The van der Waals surface area contributed by atoms with Gasteiger partial charge in [0.25, 0.3) is 5.69 Å². The van der Waals surface area contributed by atoms with Crippen molar-refractivity contribution in [2.45, 2.75) is 12.5 Å². The molecule has 1 fully saturated rings. The van der Waals surface area contributed by atoms with Crippen LogP contribution in [0.2, 0.25) is 0 Å². The van der Waals surface area contributed by atoms with E-state index in [0.717, 1.165) is 18.5 Å². The van der Waals surface area contributed by atoms with Crippen LogP contribution in [0.5, 0.6) is 5.75 Å². The molecule has 2 rings (SSSR count). The van der Waals surface area contributed by atoms with Gasteiger partial charge >= 0.3 is 0 Å². The quantitative estimate of drug-likeness (QED) is 0.605. The van der Waals surface area contributed by atoms with E-state index in [4.69, 9.17) is 4.74 Å². The van der Waals surface area contributed by atoms with E-state index < -0.39 is 4.92 Å². The summed E-state index contributed by atoms with van der Waals surface area (Å²) < 4.78 is 5.15. The van der Waals surface area contributed by atoms with Gasteiger partial charge in [-0.25, -0.2) is 0 Å².